The van der Waals surface area contributed by atoms with E-state index in [2.05, 4.69) is 16.8 Å². The van der Waals surface area contributed by atoms with Gasteiger partial charge in [-0.1, -0.05) is 19.1 Å². The first kappa shape index (κ1) is 14.3. The van der Waals surface area contributed by atoms with E-state index in [9.17, 15) is 10.5 Å². The van der Waals surface area contributed by atoms with Crippen LogP contribution in [-0.4, -0.2) is 23.1 Å². The minimum atomic E-state index is -0.885. The Bertz CT molecular complexity index is 757. The summed E-state index contributed by atoms with van der Waals surface area (Å²) in [5, 5.41) is 18.5. The molecule has 0 amide bonds. The van der Waals surface area contributed by atoms with Gasteiger partial charge in [0.05, 0.1) is 23.2 Å². The van der Waals surface area contributed by atoms with Crippen molar-refractivity contribution < 1.29 is 0 Å². The number of fused-ring (bicyclic) bond motifs is 1. The van der Waals surface area contributed by atoms with Crippen LogP contribution in [0, 0.1) is 28.6 Å². The summed E-state index contributed by atoms with van der Waals surface area (Å²) in [6, 6.07) is 11.6. The molecular weight excluding hydrogens is 274 g/mol. The molecule has 5 heteroatoms. The molecule has 0 radical (unpaired) electrons. The van der Waals surface area contributed by atoms with Crippen molar-refractivity contribution in [2.24, 2.45) is 5.92 Å². The van der Waals surface area contributed by atoms with Gasteiger partial charge in [0.1, 0.15) is 5.69 Å². The number of rotatable bonds is 2. The second kappa shape index (κ2) is 5.99. The van der Waals surface area contributed by atoms with E-state index >= 15 is 0 Å². The molecule has 0 N–H and O–H groups in total. The molecule has 1 fully saturated rings. The Labute approximate surface area is 129 Å². The third kappa shape index (κ3) is 2.58. The molecule has 0 aliphatic carbocycles. The van der Waals surface area contributed by atoms with Gasteiger partial charge in [-0.15, -0.1) is 0 Å². The van der Waals surface area contributed by atoms with Gasteiger partial charge in [-0.25, -0.2) is 9.97 Å². The Hall–Kier alpha value is -2.66. The Morgan fingerprint density at radius 3 is 2.50 bits per heavy atom. The van der Waals surface area contributed by atoms with Gasteiger partial charge < -0.3 is 4.90 Å². The van der Waals surface area contributed by atoms with Crippen molar-refractivity contribution in [2.75, 3.05) is 18.0 Å². The number of hydrogen-bond acceptors (Lipinski definition) is 5. The summed E-state index contributed by atoms with van der Waals surface area (Å²) in [7, 11) is 0. The molecule has 3 rings (SSSR count). The lowest BCUT2D eigenvalue weighted by Gasteiger charge is -2.33. The van der Waals surface area contributed by atoms with E-state index in [1.807, 2.05) is 36.4 Å². The van der Waals surface area contributed by atoms with Gasteiger partial charge in [0.15, 0.2) is 11.7 Å². The fraction of sp³-hybridized carbons (Fsp3) is 0.412. The summed E-state index contributed by atoms with van der Waals surface area (Å²) in [6.45, 7) is 4.00. The summed E-state index contributed by atoms with van der Waals surface area (Å²) in [5.41, 5.74) is 2.01. The van der Waals surface area contributed by atoms with Crippen LogP contribution in [0.1, 0.15) is 31.4 Å². The average Bonchev–Trinajstić information content (AvgIpc) is 2.55. The third-order valence-corrected chi connectivity index (χ3v) is 4.07. The summed E-state index contributed by atoms with van der Waals surface area (Å²) in [6.07, 6.45) is 2.30. The SMILES string of the molecule is C[C@H]1CCCN(c2nc3ccccc3nc2C(C#N)C#N)C1. The molecule has 1 aromatic heterocycles. The van der Waals surface area contributed by atoms with Crippen molar-refractivity contribution in [3.63, 3.8) is 0 Å². The van der Waals surface area contributed by atoms with E-state index in [4.69, 9.17) is 4.98 Å². The Balaban J connectivity index is 2.15. The Morgan fingerprint density at radius 2 is 1.86 bits per heavy atom. The normalized spacial score (nSPS) is 18.2. The Kier molecular flexibility index (Phi) is 3.89. The second-order valence-electron chi connectivity index (χ2n) is 5.81. The quantitative estimate of drug-likeness (QED) is 0.850. The smallest absolute Gasteiger partial charge is 0.178 e. The number of aromatic nitrogens is 2. The molecule has 110 valence electrons. The maximum Gasteiger partial charge on any atom is 0.178 e. The summed E-state index contributed by atoms with van der Waals surface area (Å²) >= 11 is 0. The topological polar surface area (TPSA) is 76.6 Å². The van der Waals surface area contributed by atoms with Crippen LogP contribution in [0.25, 0.3) is 11.0 Å². The predicted molar refractivity (Wildman–Crippen MR) is 84.1 cm³/mol. The largest absolute Gasteiger partial charge is 0.355 e. The lowest BCUT2D eigenvalue weighted by atomic mass is 9.99. The molecule has 1 aromatic carbocycles. The van der Waals surface area contributed by atoms with Crippen molar-refractivity contribution in [2.45, 2.75) is 25.7 Å². The lowest BCUT2D eigenvalue weighted by molar-refractivity contribution is 0.443. The van der Waals surface area contributed by atoms with Crippen LogP contribution in [0.3, 0.4) is 0 Å². The van der Waals surface area contributed by atoms with E-state index in [0.717, 1.165) is 30.5 Å². The fourth-order valence-corrected chi connectivity index (χ4v) is 2.96. The summed E-state index contributed by atoms with van der Waals surface area (Å²) in [5.74, 6) is 0.389. The fourth-order valence-electron chi connectivity index (χ4n) is 2.96. The van der Waals surface area contributed by atoms with Gasteiger partial charge in [-0.2, -0.15) is 10.5 Å². The van der Waals surface area contributed by atoms with E-state index < -0.39 is 5.92 Å². The van der Waals surface area contributed by atoms with Crippen LogP contribution >= 0.6 is 0 Å². The number of anilines is 1. The van der Waals surface area contributed by atoms with Crippen molar-refractivity contribution in [3.8, 4) is 12.1 Å². The molecule has 0 unspecified atom stereocenters. The van der Waals surface area contributed by atoms with Crippen LogP contribution in [-0.2, 0) is 0 Å². The number of nitriles is 2. The zero-order valence-electron chi connectivity index (χ0n) is 12.5. The first-order valence-corrected chi connectivity index (χ1v) is 7.53. The maximum atomic E-state index is 9.27. The first-order chi connectivity index (χ1) is 10.7. The molecule has 22 heavy (non-hydrogen) atoms. The van der Waals surface area contributed by atoms with Crippen LogP contribution < -0.4 is 4.90 Å². The molecule has 1 atom stereocenters. The molecule has 2 aromatic rings. The van der Waals surface area contributed by atoms with Crippen molar-refractivity contribution >= 4 is 16.9 Å². The highest BCUT2D eigenvalue weighted by Crippen LogP contribution is 2.29. The minimum absolute atomic E-state index is 0.484. The molecule has 1 aliphatic heterocycles. The second-order valence-corrected chi connectivity index (χ2v) is 5.81. The van der Waals surface area contributed by atoms with E-state index in [1.54, 1.807) is 0 Å². The van der Waals surface area contributed by atoms with E-state index in [1.165, 1.54) is 6.42 Å². The van der Waals surface area contributed by atoms with Crippen LogP contribution in [0.2, 0.25) is 0 Å². The molecule has 1 saturated heterocycles. The van der Waals surface area contributed by atoms with Gasteiger partial charge in [-0.05, 0) is 30.9 Å². The zero-order chi connectivity index (χ0) is 15.5. The van der Waals surface area contributed by atoms with Crippen LogP contribution in [0.5, 0.6) is 0 Å². The molecule has 5 nitrogen and oxygen atoms in total. The monoisotopic (exact) mass is 291 g/mol. The number of hydrogen-bond donors (Lipinski definition) is 0. The van der Waals surface area contributed by atoms with Crippen LogP contribution in [0.4, 0.5) is 5.82 Å². The molecular formula is C17H17N5. The summed E-state index contributed by atoms with van der Waals surface area (Å²) in [4.78, 5) is 11.5. The van der Waals surface area contributed by atoms with Gasteiger partial charge >= 0.3 is 0 Å². The van der Waals surface area contributed by atoms with Crippen molar-refractivity contribution in [3.05, 3.63) is 30.0 Å². The van der Waals surface area contributed by atoms with Crippen LogP contribution in [0.15, 0.2) is 24.3 Å². The first-order valence-electron chi connectivity index (χ1n) is 7.53. The standard InChI is InChI=1S/C17H17N5/c1-12-5-4-8-22(11-12)17-16(13(9-18)10-19)20-14-6-2-3-7-15(14)21-17/h2-3,6-7,12-13H,4-5,8,11H2,1H3/t12-/m0/s1. The van der Waals surface area contributed by atoms with E-state index in [-0.39, 0.29) is 0 Å². The number of nitrogens with zero attached hydrogens (tertiary/aromatic N) is 5. The van der Waals surface area contributed by atoms with Gasteiger partial charge in [0.25, 0.3) is 0 Å². The highest BCUT2D eigenvalue weighted by Gasteiger charge is 2.25. The minimum Gasteiger partial charge on any atom is -0.355 e. The third-order valence-electron chi connectivity index (χ3n) is 4.07. The molecule has 0 bridgehead atoms. The maximum absolute atomic E-state index is 9.27. The predicted octanol–water partition coefficient (Wildman–Crippen LogP) is 3.00. The number of para-hydroxylation sites is 2. The van der Waals surface area contributed by atoms with Crippen molar-refractivity contribution in [1.29, 1.82) is 10.5 Å². The molecule has 2 heterocycles. The van der Waals surface area contributed by atoms with Gasteiger partial charge in [0.2, 0.25) is 0 Å². The average molecular weight is 291 g/mol. The zero-order valence-corrected chi connectivity index (χ0v) is 12.5. The Morgan fingerprint density at radius 1 is 1.18 bits per heavy atom. The van der Waals surface area contributed by atoms with Crippen molar-refractivity contribution in [1.82, 2.24) is 9.97 Å². The number of benzene rings is 1. The van der Waals surface area contributed by atoms with Gasteiger partial charge in [0, 0.05) is 13.1 Å². The number of piperidine rings is 1. The molecule has 0 spiro atoms. The highest BCUT2D eigenvalue weighted by molar-refractivity contribution is 5.77. The highest BCUT2D eigenvalue weighted by atomic mass is 15.2. The van der Waals surface area contributed by atoms with Gasteiger partial charge in [-0.3, -0.25) is 0 Å². The molecule has 0 saturated carbocycles. The molecule has 1 aliphatic rings. The lowest BCUT2D eigenvalue weighted by Crippen LogP contribution is -2.36. The summed E-state index contributed by atoms with van der Waals surface area (Å²) < 4.78 is 0. The van der Waals surface area contributed by atoms with E-state index in [0.29, 0.717) is 17.4 Å².